The first kappa shape index (κ1) is 12.7. The largest absolute Gasteiger partial charge is 0.478 e. The van der Waals surface area contributed by atoms with Crippen LogP contribution >= 0.6 is 0 Å². The summed E-state index contributed by atoms with van der Waals surface area (Å²) in [4.78, 5) is 9.25. The van der Waals surface area contributed by atoms with Crippen molar-refractivity contribution in [3.8, 4) is 0 Å². The van der Waals surface area contributed by atoms with E-state index in [1.165, 1.54) is 0 Å². The van der Waals surface area contributed by atoms with Gasteiger partial charge in [0.15, 0.2) is 5.94 Å². The monoisotopic (exact) mass is 184 g/mol. The molecule has 0 radical (unpaired) electrons. The van der Waals surface area contributed by atoms with Gasteiger partial charge in [0.05, 0.1) is 0 Å². The average molecular weight is 184 g/mol. The molecule has 0 atom stereocenters. The molecular formula is C4H8O6S. The quantitative estimate of drug-likeness (QED) is 0.378. The van der Waals surface area contributed by atoms with Gasteiger partial charge in [0, 0.05) is 6.08 Å². The highest BCUT2D eigenvalue weighted by atomic mass is 32.2. The van der Waals surface area contributed by atoms with Gasteiger partial charge in [0.25, 0.3) is 10.1 Å². The summed E-state index contributed by atoms with van der Waals surface area (Å²) in [6.07, 6.45) is 0.833. The van der Waals surface area contributed by atoms with Gasteiger partial charge in [-0.25, -0.2) is 4.79 Å². The molecule has 0 aliphatic rings. The molecule has 0 saturated heterocycles. The SMILES string of the molecule is C=CC(=O)O.O=S(=O)(O)CO. The summed E-state index contributed by atoms with van der Waals surface area (Å²) in [5.41, 5.74) is 0. The minimum absolute atomic E-state index is 0.833. The molecule has 3 N–H and O–H groups in total. The molecule has 0 aliphatic heterocycles. The van der Waals surface area contributed by atoms with E-state index in [9.17, 15) is 13.2 Å². The molecule has 11 heavy (non-hydrogen) atoms. The zero-order chi connectivity index (χ0) is 9.49. The average Bonchev–Trinajstić information content (AvgIpc) is 1.88. The van der Waals surface area contributed by atoms with Crippen molar-refractivity contribution in [3.05, 3.63) is 12.7 Å². The van der Waals surface area contributed by atoms with Crippen LogP contribution in [-0.4, -0.2) is 35.1 Å². The van der Waals surface area contributed by atoms with Crippen LogP contribution in [0.1, 0.15) is 0 Å². The highest BCUT2D eigenvalue weighted by molar-refractivity contribution is 7.85. The third kappa shape index (κ3) is 27.3. The molecule has 0 fully saturated rings. The Morgan fingerprint density at radius 3 is 1.73 bits per heavy atom. The third-order valence-corrected chi connectivity index (χ3v) is 0.664. The van der Waals surface area contributed by atoms with E-state index in [0.717, 1.165) is 6.08 Å². The number of carbonyl (C=O) groups is 1. The second-order valence-corrected chi connectivity index (χ2v) is 2.68. The molecule has 0 unspecified atom stereocenters. The van der Waals surface area contributed by atoms with E-state index >= 15 is 0 Å². The van der Waals surface area contributed by atoms with Crippen molar-refractivity contribution in [3.63, 3.8) is 0 Å². The van der Waals surface area contributed by atoms with Crippen molar-refractivity contribution in [1.82, 2.24) is 0 Å². The summed E-state index contributed by atoms with van der Waals surface area (Å²) in [6, 6.07) is 0. The molecule has 0 aliphatic carbocycles. The van der Waals surface area contributed by atoms with Crippen LogP contribution in [0.5, 0.6) is 0 Å². The first-order valence-electron chi connectivity index (χ1n) is 2.25. The second-order valence-electron chi connectivity index (χ2n) is 1.25. The Bertz CT molecular complexity index is 215. The van der Waals surface area contributed by atoms with E-state index in [1.807, 2.05) is 0 Å². The number of aliphatic hydroxyl groups excluding tert-OH is 1. The van der Waals surface area contributed by atoms with Gasteiger partial charge < -0.3 is 10.2 Å². The zero-order valence-electron chi connectivity index (χ0n) is 5.47. The minimum Gasteiger partial charge on any atom is -0.478 e. The lowest BCUT2D eigenvalue weighted by atomic mass is 10.7. The Kier molecular flexibility index (Phi) is 6.75. The standard InChI is InChI=1S/C3H4O2.CH4O4S/c1-2-3(4)5;2-1-6(3,4)5/h2H,1H2,(H,4,5);2H,1H2,(H,3,4,5). The topological polar surface area (TPSA) is 112 Å². The maximum atomic E-state index is 9.31. The predicted molar refractivity (Wildman–Crippen MR) is 36.5 cm³/mol. The number of hydrogen-bond acceptors (Lipinski definition) is 4. The lowest BCUT2D eigenvalue weighted by molar-refractivity contribution is -0.131. The maximum absolute atomic E-state index is 9.31. The Morgan fingerprint density at radius 1 is 1.55 bits per heavy atom. The normalized spacial score (nSPS) is 9.27. The Morgan fingerprint density at radius 2 is 1.73 bits per heavy atom. The fourth-order valence-electron chi connectivity index (χ4n) is 0. The van der Waals surface area contributed by atoms with Gasteiger partial charge in [0.1, 0.15) is 0 Å². The summed E-state index contributed by atoms with van der Waals surface area (Å²) in [5.74, 6) is -2.18. The Labute approximate surface area is 63.5 Å². The van der Waals surface area contributed by atoms with Gasteiger partial charge in [-0.1, -0.05) is 6.58 Å². The summed E-state index contributed by atoms with van der Waals surface area (Å²) >= 11 is 0. The van der Waals surface area contributed by atoms with Gasteiger partial charge in [-0.3, -0.25) is 4.55 Å². The number of carboxylic acid groups (broad SMARTS) is 1. The van der Waals surface area contributed by atoms with Gasteiger partial charge >= 0.3 is 5.97 Å². The fraction of sp³-hybridized carbons (Fsp3) is 0.250. The van der Waals surface area contributed by atoms with Gasteiger partial charge in [-0.15, -0.1) is 0 Å². The Hall–Kier alpha value is -0.920. The first-order valence-corrected chi connectivity index (χ1v) is 3.85. The van der Waals surface area contributed by atoms with Crippen molar-refractivity contribution in [2.75, 3.05) is 5.94 Å². The Balaban J connectivity index is 0. The highest BCUT2D eigenvalue weighted by Gasteiger charge is 1.95. The molecule has 66 valence electrons. The highest BCUT2D eigenvalue weighted by Crippen LogP contribution is 1.70. The summed E-state index contributed by atoms with van der Waals surface area (Å²) < 4.78 is 26.2. The molecular weight excluding hydrogens is 176 g/mol. The van der Waals surface area contributed by atoms with E-state index in [1.54, 1.807) is 0 Å². The molecule has 0 heterocycles. The molecule has 0 bridgehead atoms. The first-order chi connectivity index (χ1) is 4.83. The summed E-state index contributed by atoms with van der Waals surface area (Å²) in [7, 11) is -4.11. The van der Waals surface area contributed by atoms with Crippen LogP contribution in [0, 0.1) is 0 Å². The second kappa shape index (κ2) is 5.83. The van der Waals surface area contributed by atoms with Crippen molar-refractivity contribution in [2.24, 2.45) is 0 Å². The summed E-state index contributed by atoms with van der Waals surface area (Å²) in [6.45, 7) is 2.96. The van der Waals surface area contributed by atoms with Crippen molar-refractivity contribution in [2.45, 2.75) is 0 Å². The number of aliphatic carboxylic acids is 1. The molecule has 6 nitrogen and oxygen atoms in total. The lowest BCUT2D eigenvalue weighted by Crippen LogP contribution is -2.00. The van der Waals surface area contributed by atoms with Crippen molar-refractivity contribution >= 4 is 16.1 Å². The van der Waals surface area contributed by atoms with E-state index in [-0.39, 0.29) is 0 Å². The van der Waals surface area contributed by atoms with Gasteiger partial charge in [-0.2, -0.15) is 8.42 Å². The van der Waals surface area contributed by atoms with Crippen LogP contribution in [-0.2, 0) is 14.9 Å². The third-order valence-electron chi connectivity index (χ3n) is 0.338. The van der Waals surface area contributed by atoms with E-state index in [2.05, 4.69) is 6.58 Å². The van der Waals surface area contributed by atoms with Crippen LogP contribution < -0.4 is 0 Å². The molecule has 0 aromatic carbocycles. The fourth-order valence-corrected chi connectivity index (χ4v) is 0. The van der Waals surface area contributed by atoms with Crippen LogP contribution in [0.4, 0.5) is 0 Å². The van der Waals surface area contributed by atoms with Crippen LogP contribution in [0.2, 0.25) is 0 Å². The molecule has 0 spiro atoms. The van der Waals surface area contributed by atoms with Crippen molar-refractivity contribution < 1.29 is 28.0 Å². The van der Waals surface area contributed by atoms with Gasteiger partial charge in [0.2, 0.25) is 0 Å². The van der Waals surface area contributed by atoms with Crippen LogP contribution in [0.25, 0.3) is 0 Å². The molecule has 0 aromatic heterocycles. The lowest BCUT2D eigenvalue weighted by Gasteiger charge is -1.79. The number of carboxylic acids is 1. The van der Waals surface area contributed by atoms with Gasteiger partial charge in [-0.05, 0) is 0 Å². The number of aliphatic hydroxyl groups is 1. The smallest absolute Gasteiger partial charge is 0.327 e. The van der Waals surface area contributed by atoms with Crippen LogP contribution in [0.3, 0.4) is 0 Å². The summed E-state index contributed by atoms with van der Waals surface area (Å²) in [5, 5.41) is 15.2. The molecule has 7 heteroatoms. The molecule has 0 amide bonds. The molecule has 0 saturated carbocycles. The molecule has 0 rings (SSSR count). The van der Waals surface area contributed by atoms with E-state index in [0.29, 0.717) is 0 Å². The number of hydrogen-bond donors (Lipinski definition) is 3. The number of rotatable bonds is 2. The van der Waals surface area contributed by atoms with E-state index in [4.69, 9.17) is 14.8 Å². The molecule has 0 aromatic rings. The zero-order valence-corrected chi connectivity index (χ0v) is 6.28. The maximum Gasteiger partial charge on any atom is 0.327 e. The van der Waals surface area contributed by atoms with Crippen molar-refractivity contribution in [1.29, 1.82) is 0 Å². The minimum atomic E-state index is -4.11. The van der Waals surface area contributed by atoms with E-state index < -0.39 is 22.0 Å². The van der Waals surface area contributed by atoms with Crippen LogP contribution in [0.15, 0.2) is 12.7 Å². The predicted octanol–water partition coefficient (Wildman–Crippen LogP) is -0.919.